The summed E-state index contributed by atoms with van der Waals surface area (Å²) in [4.78, 5) is 22.4. The molecule has 0 bridgehead atoms. The number of nitrogens with zero attached hydrogens (tertiary/aromatic N) is 2. The molecule has 0 saturated carbocycles. The molecule has 1 aliphatic rings. The number of amides is 1. The molecule has 0 saturated heterocycles. The van der Waals surface area contributed by atoms with Crippen LogP contribution in [-0.4, -0.2) is 27.8 Å². The number of carbonyl (C=O) groups excluding carboxylic acids is 1. The summed E-state index contributed by atoms with van der Waals surface area (Å²) in [5, 5.41) is 0. The van der Waals surface area contributed by atoms with E-state index in [1.807, 2.05) is 19.2 Å². The van der Waals surface area contributed by atoms with E-state index in [0.717, 1.165) is 42.2 Å². The fraction of sp³-hybridized carbons (Fsp3) is 0.529. The Morgan fingerprint density at radius 3 is 3.05 bits per heavy atom. The number of aryl methyl sites for hydroxylation is 1. The molecule has 22 heavy (non-hydrogen) atoms. The Labute approximate surface area is 130 Å². The van der Waals surface area contributed by atoms with Crippen LogP contribution >= 0.6 is 0 Å². The highest BCUT2D eigenvalue weighted by molar-refractivity contribution is 5.79. The Hall–Kier alpha value is -2.04. The maximum absolute atomic E-state index is 12.6. The third-order valence-corrected chi connectivity index (χ3v) is 4.31. The molecular formula is C17H23N3O2. The molecule has 2 aromatic rings. The van der Waals surface area contributed by atoms with Crippen LogP contribution in [0.4, 0.5) is 0 Å². The summed E-state index contributed by atoms with van der Waals surface area (Å²) in [6.45, 7) is 4.78. The second kappa shape index (κ2) is 5.99. The molecule has 1 atom stereocenters. The van der Waals surface area contributed by atoms with Gasteiger partial charge in [-0.3, -0.25) is 4.79 Å². The van der Waals surface area contributed by atoms with Crippen LogP contribution in [0.2, 0.25) is 0 Å². The van der Waals surface area contributed by atoms with Crippen molar-refractivity contribution in [1.29, 1.82) is 0 Å². The molecule has 1 N–H and O–H groups in total. The van der Waals surface area contributed by atoms with Crippen molar-refractivity contribution < 1.29 is 9.21 Å². The maximum Gasteiger partial charge on any atom is 0.226 e. The first-order chi connectivity index (χ1) is 10.5. The molecule has 1 amide bonds. The zero-order valence-corrected chi connectivity index (χ0v) is 13.4. The summed E-state index contributed by atoms with van der Waals surface area (Å²) in [6, 6.07) is 3.74. The summed E-state index contributed by atoms with van der Waals surface area (Å²) in [5.41, 5.74) is 2.28. The first kappa shape index (κ1) is 14.9. The van der Waals surface area contributed by atoms with Gasteiger partial charge < -0.3 is 14.3 Å². The Bertz CT molecular complexity index is 643. The molecule has 118 valence electrons. The van der Waals surface area contributed by atoms with E-state index in [4.69, 9.17) is 4.42 Å². The average molecular weight is 301 g/mol. The van der Waals surface area contributed by atoms with E-state index in [2.05, 4.69) is 23.8 Å². The predicted molar refractivity (Wildman–Crippen MR) is 83.4 cm³/mol. The summed E-state index contributed by atoms with van der Waals surface area (Å²) in [7, 11) is 1.84. The Morgan fingerprint density at radius 1 is 1.55 bits per heavy atom. The van der Waals surface area contributed by atoms with E-state index < -0.39 is 0 Å². The van der Waals surface area contributed by atoms with Gasteiger partial charge >= 0.3 is 0 Å². The number of imidazole rings is 1. The highest BCUT2D eigenvalue weighted by Crippen LogP contribution is 2.27. The van der Waals surface area contributed by atoms with Crippen LogP contribution in [0.25, 0.3) is 0 Å². The number of carbonyl (C=O) groups is 1. The zero-order valence-electron chi connectivity index (χ0n) is 13.4. The van der Waals surface area contributed by atoms with Gasteiger partial charge in [-0.25, -0.2) is 4.98 Å². The van der Waals surface area contributed by atoms with Crippen LogP contribution in [0.3, 0.4) is 0 Å². The highest BCUT2D eigenvalue weighted by Gasteiger charge is 2.29. The molecule has 0 unspecified atom stereocenters. The second-order valence-electron chi connectivity index (χ2n) is 6.42. The van der Waals surface area contributed by atoms with Crippen LogP contribution in [0.1, 0.15) is 49.2 Å². The van der Waals surface area contributed by atoms with Crippen LogP contribution in [0, 0.1) is 5.92 Å². The molecular weight excluding hydrogens is 278 g/mol. The largest absolute Gasteiger partial charge is 0.467 e. The lowest BCUT2D eigenvalue weighted by Crippen LogP contribution is -2.35. The van der Waals surface area contributed by atoms with Crippen molar-refractivity contribution in [2.45, 2.75) is 45.6 Å². The minimum Gasteiger partial charge on any atom is -0.467 e. The molecule has 3 rings (SSSR count). The van der Waals surface area contributed by atoms with Gasteiger partial charge in [0.05, 0.1) is 18.5 Å². The van der Waals surface area contributed by atoms with Gasteiger partial charge in [0.2, 0.25) is 5.91 Å². The lowest BCUT2D eigenvalue weighted by molar-refractivity contribution is -0.135. The van der Waals surface area contributed by atoms with E-state index >= 15 is 0 Å². The van der Waals surface area contributed by atoms with Gasteiger partial charge in [0.15, 0.2) is 0 Å². The maximum atomic E-state index is 12.6. The number of furan rings is 1. The SMILES string of the molecule is CC(C)c1nc2c([nH]1)C[C@@H](C(=O)N(C)Cc1ccco1)CC2. The minimum atomic E-state index is 0.0351. The molecule has 2 aromatic heterocycles. The van der Waals surface area contributed by atoms with Crippen molar-refractivity contribution in [3.63, 3.8) is 0 Å². The molecule has 0 radical (unpaired) electrons. The Balaban J connectivity index is 1.66. The van der Waals surface area contributed by atoms with Crippen LogP contribution in [0.15, 0.2) is 22.8 Å². The number of aromatic nitrogens is 2. The van der Waals surface area contributed by atoms with E-state index in [-0.39, 0.29) is 11.8 Å². The van der Waals surface area contributed by atoms with Crippen molar-refractivity contribution >= 4 is 5.91 Å². The summed E-state index contributed by atoms with van der Waals surface area (Å²) >= 11 is 0. The van der Waals surface area contributed by atoms with Crippen molar-refractivity contribution in [3.05, 3.63) is 41.4 Å². The standard InChI is InChI=1S/C17H23N3O2/c1-11(2)16-18-14-7-6-12(9-15(14)19-16)17(21)20(3)10-13-5-4-8-22-13/h4-5,8,11-12H,6-7,9-10H2,1-3H3,(H,18,19)/t12-/m0/s1. The van der Waals surface area contributed by atoms with E-state index in [1.165, 1.54) is 0 Å². The van der Waals surface area contributed by atoms with Crippen molar-refractivity contribution in [2.75, 3.05) is 7.05 Å². The lowest BCUT2D eigenvalue weighted by atomic mass is 9.89. The number of hydrogen-bond donors (Lipinski definition) is 1. The van der Waals surface area contributed by atoms with E-state index in [9.17, 15) is 4.79 Å². The number of fused-ring (bicyclic) bond motifs is 1. The third-order valence-electron chi connectivity index (χ3n) is 4.31. The fourth-order valence-corrected chi connectivity index (χ4v) is 3.01. The number of H-pyrrole nitrogens is 1. The molecule has 5 nitrogen and oxygen atoms in total. The highest BCUT2D eigenvalue weighted by atomic mass is 16.3. The Morgan fingerprint density at radius 2 is 2.36 bits per heavy atom. The summed E-state index contributed by atoms with van der Waals surface area (Å²) in [6.07, 6.45) is 4.15. The predicted octanol–water partition coefficient (Wildman–Crippen LogP) is 2.89. The molecule has 0 fully saturated rings. The Kier molecular flexibility index (Phi) is 4.05. The van der Waals surface area contributed by atoms with Gasteiger partial charge in [-0.05, 0) is 25.0 Å². The monoisotopic (exact) mass is 301 g/mol. The molecule has 2 heterocycles. The van der Waals surface area contributed by atoms with Gasteiger partial charge in [0, 0.05) is 31.0 Å². The van der Waals surface area contributed by atoms with Crippen molar-refractivity contribution in [3.8, 4) is 0 Å². The van der Waals surface area contributed by atoms with E-state index in [1.54, 1.807) is 11.2 Å². The van der Waals surface area contributed by atoms with Gasteiger partial charge in [0.1, 0.15) is 11.6 Å². The number of rotatable bonds is 4. The third kappa shape index (κ3) is 2.93. The van der Waals surface area contributed by atoms with Crippen LogP contribution in [-0.2, 0) is 24.2 Å². The quantitative estimate of drug-likeness (QED) is 0.944. The van der Waals surface area contributed by atoms with Crippen molar-refractivity contribution in [2.24, 2.45) is 5.92 Å². The summed E-state index contributed by atoms with van der Waals surface area (Å²) in [5.74, 6) is 2.45. The fourth-order valence-electron chi connectivity index (χ4n) is 3.01. The lowest BCUT2D eigenvalue weighted by Gasteiger charge is -2.25. The van der Waals surface area contributed by atoms with E-state index in [0.29, 0.717) is 12.5 Å². The molecule has 0 aromatic carbocycles. The first-order valence-electron chi connectivity index (χ1n) is 7.89. The molecule has 5 heteroatoms. The summed E-state index contributed by atoms with van der Waals surface area (Å²) < 4.78 is 5.32. The topological polar surface area (TPSA) is 62.1 Å². The van der Waals surface area contributed by atoms with Crippen LogP contribution < -0.4 is 0 Å². The number of nitrogens with one attached hydrogen (secondary N) is 1. The molecule has 0 spiro atoms. The van der Waals surface area contributed by atoms with Crippen molar-refractivity contribution in [1.82, 2.24) is 14.9 Å². The normalized spacial score (nSPS) is 17.5. The zero-order chi connectivity index (χ0) is 15.7. The van der Waals surface area contributed by atoms with Gasteiger partial charge in [-0.15, -0.1) is 0 Å². The van der Waals surface area contributed by atoms with Crippen LogP contribution in [0.5, 0.6) is 0 Å². The van der Waals surface area contributed by atoms with Gasteiger partial charge in [0.25, 0.3) is 0 Å². The molecule has 0 aliphatic heterocycles. The number of hydrogen-bond acceptors (Lipinski definition) is 3. The minimum absolute atomic E-state index is 0.0351. The second-order valence-corrected chi connectivity index (χ2v) is 6.42. The van der Waals surface area contributed by atoms with Gasteiger partial charge in [-0.2, -0.15) is 0 Å². The average Bonchev–Trinajstić information content (AvgIpc) is 3.14. The molecule has 1 aliphatic carbocycles. The number of aromatic amines is 1. The smallest absolute Gasteiger partial charge is 0.226 e. The first-order valence-corrected chi connectivity index (χ1v) is 7.89. The van der Waals surface area contributed by atoms with Gasteiger partial charge in [-0.1, -0.05) is 13.8 Å².